The van der Waals surface area contributed by atoms with Gasteiger partial charge >= 0.3 is 0 Å². The SMILES string of the molecule is COc1ncccc1-c1ccc(O)c(-c2nc3ccc(C(=O)NCCCCN4CCCC4)cc3[nH]2)c1. The normalized spacial score (nSPS) is 13.8. The number of methoxy groups -OCH3 is 1. The Morgan fingerprint density at radius 3 is 2.81 bits per heavy atom. The first-order valence-corrected chi connectivity index (χ1v) is 12.5. The van der Waals surface area contributed by atoms with Crippen LogP contribution in [-0.4, -0.2) is 64.2 Å². The molecular weight excluding hydrogens is 454 g/mol. The number of phenols is 1. The highest BCUT2D eigenvalue weighted by molar-refractivity contribution is 5.97. The minimum Gasteiger partial charge on any atom is -0.507 e. The fraction of sp³-hybridized carbons (Fsp3) is 0.321. The molecule has 5 rings (SSSR count). The summed E-state index contributed by atoms with van der Waals surface area (Å²) in [6.45, 7) is 4.19. The number of phenolic OH excluding ortho intramolecular Hbond substituents is 1. The van der Waals surface area contributed by atoms with Crippen LogP contribution in [0.3, 0.4) is 0 Å². The lowest BCUT2D eigenvalue weighted by atomic mass is 10.0. The molecule has 0 unspecified atom stereocenters. The zero-order chi connectivity index (χ0) is 24.9. The highest BCUT2D eigenvalue weighted by Gasteiger charge is 2.15. The molecule has 0 radical (unpaired) electrons. The van der Waals surface area contributed by atoms with Crippen LogP contribution in [0, 0.1) is 0 Å². The first-order chi connectivity index (χ1) is 17.6. The number of nitrogens with one attached hydrogen (secondary N) is 2. The number of rotatable bonds is 9. The highest BCUT2D eigenvalue weighted by atomic mass is 16.5. The lowest BCUT2D eigenvalue weighted by Gasteiger charge is -2.14. The highest BCUT2D eigenvalue weighted by Crippen LogP contribution is 2.35. The lowest BCUT2D eigenvalue weighted by molar-refractivity contribution is 0.0952. The number of carbonyl (C=O) groups is 1. The number of aromatic amines is 1. The quantitative estimate of drug-likeness (QED) is 0.299. The van der Waals surface area contributed by atoms with Crippen molar-refractivity contribution in [3.8, 4) is 34.1 Å². The number of fused-ring (bicyclic) bond motifs is 1. The number of H-pyrrole nitrogens is 1. The molecule has 3 N–H and O–H groups in total. The van der Waals surface area contributed by atoms with Crippen molar-refractivity contribution in [1.82, 2.24) is 25.2 Å². The van der Waals surface area contributed by atoms with Gasteiger partial charge in [0.25, 0.3) is 5.91 Å². The van der Waals surface area contributed by atoms with Crippen LogP contribution in [0.5, 0.6) is 11.6 Å². The van der Waals surface area contributed by atoms with Crippen molar-refractivity contribution in [2.75, 3.05) is 33.3 Å². The van der Waals surface area contributed by atoms with Gasteiger partial charge in [-0.2, -0.15) is 0 Å². The zero-order valence-electron chi connectivity index (χ0n) is 20.5. The summed E-state index contributed by atoms with van der Waals surface area (Å²) in [4.78, 5) is 27.3. The number of hydrogen-bond donors (Lipinski definition) is 3. The predicted molar refractivity (Wildman–Crippen MR) is 140 cm³/mol. The van der Waals surface area contributed by atoms with Gasteiger partial charge in [-0.05, 0) is 93.3 Å². The van der Waals surface area contributed by atoms with Gasteiger partial charge in [-0.15, -0.1) is 0 Å². The molecule has 1 aliphatic heterocycles. The second-order valence-electron chi connectivity index (χ2n) is 9.12. The molecule has 0 aliphatic carbocycles. The van der Waals surface area contributed by atoms with Crippen LogP contribution < -0.4 is 10.1 Å². The molecule has 186 valence electrons. The van der Waals surface area contributed by atoms with Crippen molar-refractivity contribution in [3.05, 3.63) is 60.3 Å². The van der Waals surface area contributed by atoms with Crippen molar-refractivity contribution >= 4 is 16.9 Å². The zero-order valence-corrected chi connectivity index (χ0v) is 20.5. The number of aromatic nitrogens is 3. The van der Waals surface area contributed by atoms with Gasteiger partial charge < -0.3 is 25.0 Å². The van der Waals surface area contributed by atoms with E-state index >= 15 is 0 Å². The number of imidazole rings is 1. The summed E-state index contributed by atoms with van der Waals surface area (Å²) in [7, 11) is 1.58. The van der Waals surface area contributed by atoms with Gasteiger partial charge in [-0.3, -0.25) is 4.79 Å². The van der Waals surface area contributed by atoms with Gasteiger partial charge in [-0.25, -0.2) is 9.97 Å². The Morgan fingerprint density at radius 1 is 1.11 bits per heavy atom. The molecule has 0 saturated carbocycles. The average Bonchev–Trinajstić information content (AvgIpc) is 3.58. The van der Waals surface area contributed by atoms with Crippen LogP contribution in [-0.2, 0) is 0 Å². The minimum atomic E-state index is -0.0947. The molecule has 1 fully saturated rings. The fourth-order valence-corrected chi connectivity index (χ4v) is 4.72. The van der Waals surface area contributed by atoms with Crippen LogP contribution in [0.1, 0.15) is 36.0 Å². The Morgan fingerprint density at radius 2 is 1.97 bits per heavy atom. The third-order valence-corrected chi connectivity index (χ3v) is 6.66. The fourth-order valence-electron chi connectivity index (χ4n) is 4.72. The second-order valence-corrected chi connectivity index (χ2v) is 9.12. The van der Waals surface area contributed by atoms with Gasteiger partial charge in [0.1, 0.15) is 11.6 Å². The van der Waals surface area contributed by atoms with Gasteiger partial charge in [0, 0.05) is 23.9 Å². The van der Waals surface area contributed by atoms with Gasteiger partial charge in [0.2, 0.25) is 5.88 Å². The Balaban J connectivity index is 1.29. The van der Waals surface area contributed by atoms with Crippen LogP contribution >= 0.6 is 0 Å². The van der Waals surface area contributed by atoms with Crippen molar-refractivity contribution in [3.63, 3.8) is 0 Å². The second kappa shape index (κ2) is 10.8. The first kappa shape index (κ1) is 23.8. The summed E-state index contributed by atoms with van der Waals surface area (Å²) in [5, 5.41) is 13.6. The lowest BCUT2D eigenvalue weighted by Crippen LogP contribution is -2.26. The van der Waals surface area contributed by atoms with Crippen LogP contribution in [0.2, 0.25) is 0 Å². The van der Waals surface area contributed by atoms with E-state index in [1.165, 1.54) is 25.9 Å². The number of hydrogen-bond acceptors (Lipinski definition) is 6. The van der Waals surface area contributed by atoms with E-state index in [4.69, 9.17) is 4.74 Å². The largest absolute Gasteiger partial charge is 0.507 e. The monoisotopic (exact) mass is 485 g/mol. The first-order valence-electron chi connectivity index (χ1n) is 12.5. The standard InChI is InChI=1S/C28H31N5O3/c1-36-28-21(7-6-13-30-28)19-9-11-25(34)22(17-19)26-31-23-10-8-20(18-24(23)32-26)27(35)29-12-2-3-14-33-15-4-5-16-33/h6-11,13,17-18,34H,2-5,12,14-16H2,1H3,(H,29,35)(H,31,32). The topological polar surface area (TPSA) is 103 Å². The van der Waals surface area contributed by atoms with Crippen molar-refractivity contribution in [2.24, 2.45) is 0 Å². The molecule has 4 aromatic rings. The summed E-state index contributed by atoms with van der Waals surface area (Å²) in [6.07, 6.45) is 6.34. The molecule has 0 atom stereocenters. The van der Waals surface area contributed by atoms with Gasteiger partial charge in [-0.1, -0.05) is 6.07 Å². The maximum Gasteiger partial charge on any atom is 0.251 e. The molecule has 8 nitrogen and oxygen atoms in total. The van der Waals surface area contributed by atoms with E-state index < -0.39 is 0 Å². The van der Waals surface area contributed by atoms with E-state index in [-0.39, 0.29) is 11.7 Å². The van der Waals surface area contributed by atoms with E-state index in [0.29, 0.717) is 29.4 Å². The Labute approximate surface area is 210 Å². The van der Waals surface area contributed by atoms with Crippen molar-refractivity contribution in [2.45, 2.75) is 25.7 Å². The summed E-state index contributed by atoms with van der Waals surface area (Å²) in [5.74, 6) is 1.03. The Hall–Kier alpha value is -3.91. The van der Waals surface area contributed by atoms with E-state index in [9.17, 15) is 9.90 Å². The maximum absolute atomic E-state index is 12.7. The van der Waals surface area contributed by atoms with E-state index in [0.717, 1.165) is 41.5 Å². The number of aromatic hydroxyl groups is 1. The summed E-state index contributed by atoms with van der Waals surface area (Å²) < 4.78 is 5.39. The number of benzene rings is 2. The number of nitrogens with zero attached hydrogens (tertiary/aromatic N) is 3. The molecule has 3 heterocycles. The molecule has 1 amide bonds. The number of amides is 1. The van der Waals surface area contributed by atoms with E-state index in [1.54, 1.807) is 31.5 Å². The molecule has 1 saturated heterocycles. The summed E-state index contributed by atoms with van der Waals surface area (Å²) in [5.41, 5.74) is 4.25. The molecular formula is C28H31N5O3. The summed E-state index contributed by atoms with van der Waals surface area (Å²) >= 11 is 0. The van der Waals surface area contributed by atoms with E-state index in [1.807, 2.05) is 30.3 Å². The number of carbonyl (C=O) groups excluding carboxylic acids is 1. The van der Waals surface area contributed by atoms with Crippen molar-refractivity contribution in [1.29, 1.82) is 0 Å². The maximum atomic E-state index is 12.7. The number of unbranched alkanes of at least 4 members (excludes halogenated alkanes) is 1. The smallest absolute Gasteiger partial charge is 0.251 e. The third kappa shape index (κ3) is 5.18. The molecule has 0 bridgehead atoms. The molecule has 2 aromatic carbocycles. The molecule has 1 aliphatic rings. The van der Waals surface area contributed by atoms with E-state index in [2.05, 4.69) is 25.2 Å². The third-order valence-electron chi connectivity index (χ3n) is 6.66. The Kier molecular flexibility index (Phi) is 7.13. The molecule has 8 heteroatoms. The molecule has 0 spiro atoms. The molecule has 36 heavy (non-hydrogen) atoms. The predicted octanol–water partition coefficient (Wildman–Crippen LogP) is 4.61. The van der Waals surface area contributed by atoms with Crippen LogP contribution in [0.25, 0.3) is 33.5 Å². The van der Waals surface area contributed by atoms with Gasteiger partial charge in [0.05, 0.1) is 23.7 Å². The van der Waals surface area contributed by atoms with Crippen molar-refractivity contribution < 1.29 is 14.6 Å². The van der Waals surface area contributed by atoms with Crippen LogP contribution in [0.4, 0.5) is 0 Å². The summed E-state index contributed by atoms with van der Waals surface area (Å²) in [6, 6.07) is 14.5. The number of pyridine rings is 1. The number of ether oxygens (including phenoxy) is 1. The van der Waals surface area contributed by atoms with Crippen LogP contribution in [0.15, 0.2) is 54.7 Å². The average molecular weight is 486 g/mol. The molecule has 2 aromatic heterocycles. The Bertz CT molecular complexity index is 1360. The minimum absolute atomic E-state index is 0.0947. The number of likely N-dealkylation sites (tertiary alicyclic amines) is 1. The van der Waals surface area contributed by atoms with Gasteiger partial charge in [0.15, 0.2) is 0 Å².